The van der Waals surface area contributed by atoms with Crippen molar-refractivity contribution in [3.05, 3.63) is 59.2 Å². The van der Waals surface area contributed by atoms with Gasteiger partial charge in [0.25, 0.3) is 0 Å². The van der Waals surface area contributed by atoms with Crippen LogP contribution in [0.1, 0.15) is 28.4 Å². The number of rotatable bonds is 9. The van der Waals surface area contributed by atoms with Crippen molar-refractivity contribution in [2.75, 3.05) is 7.11 Å². The second-order valence-corrected chi connectivity index (χ2v) is 7.55. The zero-order chi connectivity index (χ0) is 22.4. The van der Waals surface area contributed by atoms with Crippen LogP contribution in [0.15, 0.2) is 42.5 Å². The van der Waals surface area contributed by atoms with E-state index in [9.17, 15) is 14.4 Å². The van der Waals surface area contributed by atoms with Gasteiger partial charge in [-0.15, -0.1) is 0 Å². The summed E-state index contributed by atoms with van der Waals surface area (Å²) in [4.78, 5) is 34.6. The topological polar surface area (TPSA) is 88.1 Å². The van der Waals surface area contributed by atoms with Gasteiger partial charge in [-0.1, -0.05) is 29.8 Å². The predicted octanol–water partition coefficient (Wildman–Crippen LogP) is 3.16. The summed E-state index contributed by atoms with van der Waals surface area (Å²) >= 11 is 0. The number of benzene rings is 2. The molecule has 0 saturated carbocycles. The van der Waals surface area contributed by atoms with Crippen LogP contribution < -0.4 is 9.47 Å². The fourth-order valence-electron chi connectivity index (χ4n) is 3.62. The van der Waals surface area contributed by atoms with Gasteiger partial charge in [0.1, 0.15) is 36.8 Å². The van der Waals surface area contributed by atoms with Crippen LogP contribution in [0, 0.1) is 18.8 Å². The Kier molecular flexibility index (Phi) is 7.55. The quantitative estimate of drug-likeness (QED) is 0.569. The zero-order valence-corrected chi connectivity index (χ0v) is 17.7. The molecule has 1 fully saturated rings. The molecular formula is C24H26O7. The SMILES string of the molecule is COC1C(C=O)[C@H](C=O)C(C)O[C@H]1Oc1ccc(OCc2ccc(C)cc2)cc1C=O. The Balaban J connectivity index is 1.74. The lowest BCUT2D eigenvalue weighted by molar-refractivity contribution is -0.235. The molecule has 1 saturated heterocycles. The van der Waals surface area contributed by atoms with E-state index >= 15 is 0 Å². The molecular weight excluding hydrogens is 400 g/mol. The molecule has 0 spiro atoms. The van der Waals surface area contributed by atoms with Crippen molar-refractivity contribution in [2.45, 2.75) is 39.0 Å². The van der Waals surface area contributed by atoms with E-state index in [0.29, 0.717) is 31.2 Å². The standard InChI is InChI=1S/C24H26O7/c1-15-4-6-17(7-5-15)14-29-19-8-9-22(18(10-19)11-25)31-24-23(28-3)21(13-27)20(12-26)16(2)30-24/h4-13,16,20-21,23-24H,14H2,1-3H3/t16?,20-,21?,23?,24+/m1/s1. The molecule has 0 radical (unpaired) electrons. The van der Waals surface area contributed by atoms with Gasteiger partial charge in [0.2, 0.25) is 6.29 Å². The summed E-state index contributed by atoms with van der Waals surface area (Å²) in [6.07, 6.45) is -0.242. The molecule has 1 aliphatic rings. The molecule has 3 rings (SSSR count). The molecule has 0 aliphatic carbocycles. The van der Waals surface area contributed by atoms with Crippen LogP contribution in [0.4, 0.5) is 0 Å². The van der Waals surface area contributed by atoms with Crippen LogP contribution in [0.3, 0.4) is 0 Å². The average Bonchev–Trinajstić information content (AvgIpc) is 2.78. The average molecular weight is 426 g/mol. The Morgan fingerprint density at radius 1 is 1.00 bits per heavy atom. The van der Waals surface area contributed by atoms with Crippen LogP contribution in [0.25, 0.3) is 0 Å². The van der Waals surface area contributed by atoms with Gasteiger partial charge < -0.3 is 28.5 Å². The maximum Gasteiger partial charge on any atom is 0.227 e. The molecule has 7 nitrogen and oxygen atoms in total. The summed E-state index contributed by atoms with van der Waals surface area (Å²) in [5, 5.41) is 0. The Labute approximate surface area is 181 Å². The van der Waals surface area contributed by atoms with Gasteiger partial charge in [0, 0.05) is 7.11 Å². The predicted molar refractivity (Wildman–Crippen MR) is 112 cm³/mol. The molecule has 7 heteroatoms. The van der Waals surface area contributed by atoms with E-state index in [1.54, 1.807) is 25.1 Å². The molecule has 0 aromatic heterocycles. The van der Waals surface area contributed by atoms with Crippen molar-refractivity contribution >= 4 is 18.9 Å². The van der Waals surface area contributed by atoms with E-state index in [1.807, 2.05) is 31.2 Å². The van der Waals surface area contributed by atoms with Crippen molar-refractivity contribution in [1.29, 1.82) is 0 Å². The number of aldehydes is 3. The lowest BCUT2D eigenvalue weighted by Gasteiger charge is -2.41. The molecule has 1 aliphatic heterocycles. The number of ether oxygens (including phenoxy) is 4. The zero-order valence-electron chi connectivity index (χ0n) is 17.7. The Morgan fingerprint density at radius 3 is 2.32 bits per heavy atom. The van der Waals surface area contributed by atoms with Crippen molar-refractivity contribution in [3.63, 3.8) is 0 Å². The number of methoxy groups -OCH3 is 1. The minimum atomic E-state index is -0.954. The highest BCUT2D eigenvalue weighted by atomic mass is 16.7. The third-order valence-corrected chi connectivity index (χ3v) is 5.45. The van der Waals surface area contributed by atoms with Crippen LogP contribution in [0.5, 0.6) is 11.5 Å². The van der Waals surface area contributed by atoms with Gasteiger partial charge in [-0.25, -0.2) is 0 Å². The second kappa shape index (κ2) is 10.3. The molecule has 2 aromatic carbocycles. The molecule has 164 valence electrons. The van der Waals surface area contributed by atoms with Gasteiger partial charge in [-0.2, -0.15) is 0 Å². The van der Waals surface area contributed by atoms with E-state index in [1.165, 1.54) is 12.7 Å². The highest BCUT2D eigenvalue weighted by Crippen LogP contribution is 2.33. The van der Waals surface area contributed by atoms with E-state index in [-0.39, 0.29) is 11.3 Å². The first-order valence-corrected chi connectivity index (χ1v) is 10.0. The van der Waals surface area contributed by atoms with Crippen molar-refractivity contribution in [1.82, 2.24) is 0 Å². The molecule has 0 bridgehead atoms. The third-order valence-electron chi connectivity index (χ3n) is 5.45. The van der Waals surface area contributed by atoms with Gasteiger partial charge >= 0.3 is 0 Å². The van der Waals surface area contributed by atoms with E-state index in [0.717, 1.165) is 5.56 Å². The number of hydrogen-bond donors (Lipinski definition) is 0. The van der Waals surface area contributed by atoms with E-state index in [4.69, 9.17) is 18.9 Å². The molecule has 1 heterocycles. The van der Waals surface area contributed by atoms with Gasteiger partial charge in [0.05, 0.1) is 23.5 Å². The first kappa shape index (κ1) is 22.7. The van der Waals surface area contributed by atoms with Crippen molar-refractivity contribution in [2.24, 2.45) is 11.8 Å². The van der Waals surface area contributed by atoms with Crippen LogP contribution in [-0.2, 0) is 25.7 Å². The molecule has 5 atom stereocenters. The monoisotopic (exact) mass is 426 g/mol. The summed E-state index contributed by atoms with van der Waals surface area (Å²) in [5.74, 6) is -0.562. The first-order chi connectivity index (χ1) is 15.0. The second-order valence-electron chi connectivity index (χ2n) is 7.55. The Bertz CT molecular complexity index is 909. The number of hydrogen-bond acceptors (Lipinski definition) is 7. The molecule has 0 N–H and O–H groups in total. The van der Waals surface area contributed by atoms with Gasteiger partial charge in [-0.05, 0) is 37.6 Å². The van der Waals surface area contributed by atoms with Crippen LogP contribution >= 0.6 is 0 Å². The maximum atomic E-state index is 11.7. The smallest absolute Gasteiger partial charge is 0.227 e. The van der Waals surface area contributed by atoms with Crippen molar-refractivity contribution < 1.29 is 33.3 Å². The lowest BCUT2D eigenvalue weighted by Crippen LogP contribution is -2.54. The Hall–Kier alpha value is -3.03. The van der Waals surface area contributed by atoms with Crippen molar-refractivity contribution in [3.8, 4) is 11.5 Å². The summed E-state index contributed by atoms with van der Waals surface area (Å²) in [6, 6.07) is 12.9. The van der Waals surface area contributed by atoms with E-state index < -0.39 is 30.3 Å². The highest BCUT2D eigenvalue weighted by Gasteiger charge is 2.46. The van der Waals surface area contributed by atoms with Crippen LogP contribution in [0.2, 0.25) is 0 Å². The molecule has 0 amide bonds. The van der Waals surface area contributed by atoms with E-state index in [2.05, 4.69) is 0 Å². The summed E-state index contributed by atoms with van der Waals surface area (Å²) < 4.78 is 22.9. The minimum Gasteiger partial charge on any atom is -0.489 e. The molecule has 2 aromatic rings. The van der Waals surface area contributed by atoms with Crippen LogP contribution in [-0.4, -0.2) is 44.5 Å². The fraction of sp³-hybridized carbons (Fsp3) is 0.375. The molecule has 31 heavy (non-hydrogen) atoms. The minimum absolute atomic E-state index is 0.270. The van der Waals surface area contributed by atoms with Gasteiger partial charge in [-0.3, -0.25) is 4.79 Å². The normalized spacial score (nSPS) is 25.5. The summed E-state index contributed by atoms with van der Waals surface area (Å²) in [5.41, 5.74) is 2.45. The maximum absolute atomic E-state index is 11.7. The number of aryl methyl sites for hydroxylation is 1. The number of carbonyl (C=O) groups is 3. The summed E-state index contributed by atoms with van der Waals surface area (Å²) in [7, 11) is 1.42. The third kappa shape index (κ3) is 5.18. The molecule has 3 unspecified atom stereocenters. The summed E-state index contributed by atoms with van der Waals surface area (Å²) in [6.45, 7) is 4.07. The largest absolute Gasteiger partial charge is 0.489 e. The lowest BCUT2D eigenvalue weighted by atomic mass is 9.83. The highest BCUT2D eigenvalue weighted by molar-refractivity contribution is 5.80. The first-order valence-electron chi connectivity index (χ1n) is 10.0. The Morgan fingerprint density at radius 2 is 1.71 bits per heavy atom. The number of carbonyl (C=O) groups excluding carboxylic acids is 3. The fourth-order valence-corrected chi connectivity index (χ4v) is 3.62. The van der Waals surface area contributed by atoms with Gasteiger partial charge in [0.15, 0.2) is 6.29 Å².